The average molecular weight is 470 g/mol. The molecular formula is C29H43NO4. The van der Waals surface area contributed by atoms with Crippen LogP contribution in [0, 0.1) is 11.8 Å². The summed E-state index contributed by atoms with van der Waals surface area (Å²) in [4.78, 5) is 15.3. The van der Waals surface area contributed by atoms with Crippen molar-refractivity contribution in [3.63, 3.8) is 0 Å². The van der Waals surface area contributed by atoms with E-state index in [2.05, 4.69) is 51.7 Å². The first-order valence-electron chi connectivity index (χ1n) is 13.3. The molecule has 5 nitrogen and oxygen atoms in total. The van der Waals surface area contributed by atoms with Crippen molar-refractivity contribution >= 4 is 5.97 Å². The van der Waals surface area contributed by atoms with Gasteiger partial charge in [-0.25, -0.2) is 0 Å². The van der Waals surface area contributed by atoms with E-state index in [1.54, 1.807) is 0 Å². The second kappa shape index (κ2) is 10.4. The third-order valence-electron chi connectivity index (χ3n) is 8.37. The number of morpholine rings is 1. The van der Waals surface area contributed by atoms with Crippen molar-refractivity contribution in [3.05, 3.63) is 35.4 Å². The van der Waals surface area contributed by atoms with E-state index >= 15 is 0 Å². The van der Waals surface area contributed by atoms with Crippen LogP contribution in [-0.4, -0.2) is 49.3 Å². The number of carbonyl (C=O) groups excluding carboxylic acids is 1. The lowest BCUT2D eigenvalue weighted by Gasteiger charge is -2.57. The second-order valence-corrected chi connectivity index (χ2v) is 10.9. The smallest absolute Gasteiger partial charge is 0.311 e. The van der Waals surface area contributed by atoms with E-state index in [1.807, 2.05) is 12.1 Å². The molecule has 0 amide bonds. The molecule has 0 N–H and O–H groups in total. The van der Waals surface area contributed by atoms with Crippen molar-refractivity contribution < 1.29 is 19.0 Å². The summed E-state index contributed by atoms with van der Waals surface area (Å²) in [5.74, 6) is 2.20. The third kappa shape index (κ3) is 4.79. The van der Waals surface area contributed by atoms with Crippen LogP contribution in [0.15, 0.2) is 29.8 Å². The molecular weight excluding hydrogens is 426 g/mol. The number of esters is 1. The fourth-order valence-electron chi connectivity index (χ4n) is 6.84. The second-order valence-electron chi connectivity index (χ2n) is 10.9. The minimum Gasteiger partial charge on any atom is -0.487 e. The summed E-state index contributed by atoms with van der Waals surface area (Å²) >= 11 is 0. The third-order valence-corrected chi connectivity index (χ3v) is 8.37. The summed E-state index contributed by atoms with van der Waals surface area (Å²) in [5, 5.41) is 0. The van der Waals surface area contributed by atoms with Gasteiger partial charge in [0.25, 0.3) is 0 Å². The predicted molar refractivity (Wildman–Crippen MR) is 136 cm³/mol. The molecule has 1 aromatic rings. The van der Waals surface area contributed by atoms with Gasteiger partial charge >= 0.3 is 5.97 Å². The number of benzene rings is 1. The zero-order chi connectivity index (χ0) is 24.3. The van der Waals surface area contributed by atoms with Crippen molar-refractivity contribution in [1.29, 1.82) is 0 Å². The lowest BCUT2D eigenvalue weighted by atomic mass is 9.52. The molecule has 1 fully saturated rings. The Kier molecular flexibility index (Phi) is 7.73. The Morgan fingerprint density at radius 3 is 2.65 bits per heavy atom. The van der Waals surface area contributed by atoms with Gasteiger partial charge in [0.2, 0.25) is 0 Å². The van der Waals surface area contributed by atoms with Crippen LogP contribution in [0.1, 0.15) is 78.7 Å². The monoisotopic (exact) mass is 469 g/mol. The Morgan fingerprint density at radius 2 is 1.94 bits per heavy atom. The molecule has 1 aliphatic carbocycles. The number of ether oxygens (including phenoxy) is 3. The molecule has 1 saturated heterocycles. The molecule has 3 aliphatic rings. The molecule has 2 heterocycles. The number of nitrogens with zero attached hydrogens (tertiary/aromatic N) is 1. The molecule has 2 atom stereocenters. The zero-order valence-electron chi connectivity index (χ0n) is 21.8. The van der Waals surface area contributed by atoms with Crippen LogP contribution in [-0.2, 0) is 14.9 Å². The molecule has 188 valence electrons. The van der Waals surface area contributed by atoms with Crippen LogP contribution < -0.4 is 9.47 Å². The number of allylic oxidation sites excluding steroid dienone is 2. The van der Waals surface area contributed by atoms with Crippen LogP contribution in [0.3, 0.4) is 0 Å². The van der Waals surface area contributed by atoms with Gasteiger partial charge in [0.1, 0.15) is 17.1 Å². The van der Waals surface area contributed by atoms with Gasteiger partial charge in [-0.3, -0.25) is 9.69 Å². The van der Waals surface area contributed by atoms with Crippen LogP contribution in [0.4, 0.5) is 0 Å². The van der Waals surface area contributed by atoms with Crippen LogP contribution >= 0.6 is 0 Å². The van der Waals surface area contributed by atoms with E-state index in [0.717, 1.165) is 76.3 Å². The maximum atomic E-state index is 13.0. The SMILES string of the molecule is CCC(CC)[C@@]12C=C(C)CC[C@H]1C(C)(C)Oc1cccc(OC(=O)CCCN3CCOCC3)c12. The van der Waals surface area contributed by atoms with Crippen LogP contribution in [0.25, 0.3) is 0 Å². The molecule has 0 radical (unpaired) electrons. The lowest BCUT2D eigenvalue weighted by Crippen LogP contribution is -2.57. The highest BCUT2D eigenvalue weighted by Gasteiger charge is 2.57. The van der Waals surface area contributed by atoms with E-state index in [4.69, 9.17) is 14.2 Å². The van der Waals surface area contributed by atoms with E-state index in [-0.39, 0.29) is 17.0 Å². The number of hydrogen-bond donors (Lipinski definition) is 0. The van der Waals surface area contributed by atoms with Gasteiger partial charge < -0.3 is 14.2 Å². The summed E-state index contributed by atoms with van der Waals surface area (Å²) in [6.45, 7) is 15.7. The number of carbonyl (C=O) groups is 1. The minimum absolute atomic E-state index is 0.153. The molecule has 0 aromatic heterocycles. The Hall–Kier alpha value is -1.85. The first-order valence-corrected chi connectivity index (χ1v) is 13.3. The summed E-state index contributed by atoms with van der Waals surface area (Å²) < 4.78 is 18.2. The summed E-state index contributed by atoms with van der Waals surface area (Å²) in [6, 6.07) is 6.00. The molecule has 0 saturated carbocycles. The average Bonchev–Trinajstić information content (AvgIpc) is 2.80. The van der Waals surface area contributed by atoms with Gasteiger partial charge in [0, 0.05) is 36.4 Å². The van der Waals surface area contributed by atoms with E-state index in [1.165, 1.54) is 5.57 Å². The van der Waals surface area contributed by atoms with Gasteiger partial charge in [0.05, 0.1) is 13.2 Å². The first-order chi connectivity index (χ1) is 16.3. The topological polar surface area (TPSA) is 48.0 Å². The number of fused-ring (bicyclic) bond motifs is 3. The lowest BCUT2D eigenvalue weighted by molar-refractivity contribution is -0.134. The summed E-state index contributed by atoms with van der Waals surface area (Å²) in [7, 11) is 0. The van der Waals surface area contributed by atoms with E-state index in [9.17, 15) is 4.79 Å². The maximum Gasteiger partial charge on any atom is 0.311 e. The molecule has 5 heteroatoms. The molecule has 1 aromatic carbocycles. The largest absolute Gasteiger partial charge is 0.487 e. The van der Waals surface area contributed by atoms with Crippen molar-refractivity contribution in [2.45, 2.75) is 84.2 Å². The standard InChI is InChI=1S/C29H43NO4/c1-6-22(7-2)29-20-21(3)13-14-25(29)28(4,5)34-24-11-8-10-23(27(24)29)33-26(31)12-9-15-30-16-18-32-19-17-30/h8,10-11,20,22,25H,6-7,9,12-19H2,1-5H3/t25-,29-/m0/s1. The minimum atomic E-state index is -0.284. The van der Waals surface area contributed by atoms with Crippen molar-refractivity contribution in [2.75, 3.05) is 32.8 Å². The fourth-order valence-corrected chi connectivity index (χ4v) is 6.84. The highest BCUT2D eigenvalue weighted by molar-refractivity contribution is 5.74. The van der Waals surface area contributed by atoms with Gasteiger partial charge in [-0.1, -0.05) is 44.4 Å². The summed E-state index contributed by atoms with van der Waals surface area (Å²) in [6.07, 6.45) is 8.08. The highest BCUT2D eigenvalue weighted by Crippen LogP contribution is 2.61. The molecule has 2 aliphatic heterocycles. The molecule has 4 rings (SSSR count). The normalized spacial score (nSPS) is 26.3. The van der Waals surface area contributed by atoms with Crippen LogP contribution in [0.5, 0.6) is 11.5 Å². The first kappa shape index (κ1) is 25.2. The molecule has 0 spiro atoms. The van der Waals surface area contributed by atoms with Crippen LogP contribution in [0.2, 0.25) is 0 Å². The van der Waals surface area contributed by atoms with Gasteiger partial charge in [-0.15, -0.1) is 0 Å². The van der Waals surface area contributed by atoms with Gasteiger partial charge in [-0.2, -0.15) is 0 Å². The highest BCUT2D eigenvalue weighted by atomic mass is 16.5. The summed E-state index contributed by atoms with van der Waals surface area (Å²) in [5.41, 5.74) is 2.05. The van der Waals surface area contributed by atoms with Crippen molar-refractivity contribution in [2.24, 2.45) is 11.8 Å². The molecule has 0 bridgehead atoms. The maximum absolute atomic E-state index is 13.0. The zero-order valence-corrected chi connectivity index (χ0v) is 21.8. The van der Waals surface area contributed by atoms with Crippen molar-refractivity contribution in [1.82, 2.24) is 4.90 Å². The Morgan fingerprint density at radius 1 is 1.21 bits per heavy atom. The molecule has 0 unspecified atom stereocenters. The van der Waals surface area contributed by atoms with Crippen molar-refractivity contribution in [3.8, 4) is 11.5 Å². The number of rotatable bonds is 8. The van der Waals surface area contributed by atoms with Gasteiger partial charge in [-0.05, 0) is 64.6 Å². The number of hydrogen-bond acceptors (Lipinski definition) is 5. The predicted octanol–water partition coefficient (Wildman–Crippen LogP) is 5.91. The Labute approximate surface area is 205 Å². The fraction of sp³-hybridized carbons (Fsp3) is 0.690. The van der Waals surface area contributed by atoms with E-state index in [0.29, 0.717) is 24.0 Å². The Balaban J connectivity index is 1.65. The molecule has 34 heavy (non-hydrogen) atoms. The van der Waals surface area contributed by atoms with E-state index < -0.39 is 0 Å². The Bertz CT molecular complexity index is 897. The van der Waals surface area contributed by atoms with Gasteiger partial charge in [0.15, 0.2) is 0 Å². The quantitative estimate of drug-likeness (QED) is 0.269.